The van der Waals surface area contributed by atoms with E-state index in [1.54, 1.807) is 30.9 Å². The van der Waals surface area contributed by atoms with E-state index in [1.807, 2.05) is 13.0 Å². The number of hydrogen-bond acceptors (Lipinski definition) is 3. The Labute approximate surface area is 101 Å². The number of likely N-dealkylation sites (N-methyl/N-ethyl adjacent to an activating group) is 1. The van der Waals surface area contributed by atoms with Crippen LogP contribution in [0.2, 0.25) is 0 Å². The summed E-state index contributed by atoms with van der Waals surface area (Å²) in [6, 6.07) is 6.39. The van der Waals surface area contributed by atoms with Gasteiger partial charge in [-0.05, 0) is 32.9 Å². The standard InChI is InChI=1S/C13H17FN2O/c1-4-16(9-13(2,3)17)12-7-5-6-11(14)10(12)8-15/h5-7,17H,4,9H2,1-3H3. The zero-order valence-corrected chi connectivity index (χ0v) is 10.4. The fourth-order valence-electron chi connectivity index (χ4n) is 1.72. The van der Waals surface area contributed by atoms with Crippen LogP contribution in [0.4, 0.5) is 10.1 Å². The smallest absolute Gasteiger partial charge is 0.143 e. The molecular formula is C13H17FN2O. The average molecular weight is 236 g/mol. The summed E-state index contributed by atoms with van der Waals surface area (Å²) < 4.78 is 13.5. The molecule has 0 radical (unpaired) electrons. The fourth-order valence-corrected chi connectivity index (χ4v) is 1.72. The number of anilines is 1. The highest BCUT2D eigenvalue weighted by molar-refractivity contribution is 5.60. The first-order chi connectivity index (χ1) is 7.89. The third kappa shape index (κ3) is 3.43. The molecule has 0 atom stereocenters. The molecule has 1 aromatic carbocycles. The van der Waals surface area contributed by atoms with Crippen LogP contribution < -0.4 is 4.90 Å². The summed E-state index contributed by atoms with van der Waals surface area (Å²) in [4.78, 5) is 1.79. The number of benzene rings is 1. The van der Waals surface area contributed by atoms with Crippen molar-refractivity contribution in [1.82, 2.24) is 0 Å². The van der Waals surface area contributed by atoms with E-state index in [-0.39, 0.29) is 5.56 Å². The van der Waals surface area contributed by atoms with E-state index < -0.39 is 11.4 Å². The lowest BCUT2D eigenvalue weighted by molar-refractivity contribution is 0.0875. The van der Waals surface area contributed by atoms with E-state index in [0.717, 1.165) is 0 Å². The lowest BCUT2D eigenvalue weighted by Gasteiger charge is -2.30. The van der Waals surface area contributed by atoms with Crippen molar-refractivity contribution in [3.05, 3.63) is 29.6 Å². The Morgan fingerprint density at radius 3 is 2.59 bits per heavy atom. The van der Waals surface area contributed by atoms with Crippen molar-refractivity contribution in [2.24, 2.45) is 0 Å². The van der Waals surface area contributed by atoms with E-state index >= 15 is 0 Å². The van der Waals surface area contributed by atoms with Gasteiger partial charge >= 0.3 is 0 Å². The number of nitrogens with zero attached hydrogens (tertiary/aromatic N) is 2. The Kier molecular flexibility index (Phi) is 4.08. The molecule has 0 aromatic heterocycles. The van der Waals surface area contributed by atoms with Crippen molar-refractivity contribution >= 4 is 5.69 Å². The number of hydrogen-bond donors (Lipinski definition) is 1. The lowest BCUT2D eigenvalue weighted by atomic mass is 10.1. The van der Waals surface area contributed by atoms with E-state index in [0.29, 0.717) is 18.8 Å². The zero-order valence-electron chi connectivity index (χ0n) is 10.4. The molecule has 3 nitrogen and oxygen atoms in total. The molecule has 0 aliphatic rings. The van der Waals surface area contributed by atoms with Gasteiger partial charge in [-0.1, -0.05) is 6.07 Å². The van der Waals surface area contributed by atoms with Crippen LogP contribution in [0.1, 0.15) is 26.3 Å². The quantitative estimate of drug-likeness (QED) is 0.872. The zero-order chi connectivity index (χ0) is 13.1. The lowest BCUT2D eigenvalue weighted by Crippen LogP contribution is -2.39. The molecule has 0 aliphatic heterocycles. The van der Waals surface area contributed by atoms with Gasteiger partial charge in [-0.2, -0.15) is 5.26 Å². The van der Waals surface area contributed by atoms with Crippen LogP contribution in [0, 0.1) is 17.1 Å². The molecule has 92 valence electrons. The SMILES string of the molecule is CCN(CC(C)(C)O)c1cccc(F)c1C#N. The summed E-state index contributed by atoms with van der Waals surface area (Å²) in [6.45, 7) is 6.21. The van der Waals surface area contributed by atoms with Crippen molar-refractivity contribution in [2.45, 2.75) is 26.4 Å². The van der Waals surface area contributed by atoms with Crippen LogP contribution in [-0.2, 0) is 0 Å². The molecule has 1 N–H and O–H groups in total. The van der Waals surface area contributed by atoms with Crippen molar-refractivity contribution in [3.63, 3.8) is 0 Å². The second kappa shape index (κ2) is 5.15. The summed E-state index contributed by atoms with van der Waals surface area (Å²) >= 11 is 0. The summed E-state index contributed by atoms with van der Waals surface area (Å²) in [5.41, 5.74) is -0.342. The van der Waals surface area contributed by atoms with E-state index in [4.69, 9.17) is 5.26 Å². The first-order valence-corrected chi connectivity index (χ1v) is 5.55. The van der Waals surface area contributed by atoms with Crippen LogP contribution in [0.25, 0.3) is 0 Å². The van der Waals surface area contributed by atoms with E-state index in [2.05, 4.69) is 0 Å². The molecule has 0 saturated carbocycles. The highest BCUT2D eigenvalue weighted by Gasteiger charge is 2.20. The number of halogens is 1. The van der Waals surface area contributed by atoms with Crippen LogP contribution in [-0.4, -0.2) is 23.8 Å². The van der Waals surface area contributed by atoms with E-state index in [9.17, 15) is 9.50 Å². The highest BCUT2D eigenvalue weighted by Crippen LogP contribution is 2.23. The van der Waals surface area contributed by atoms with Gasteiger partial charge in [0.25, 0.3) is 0 Å². The number of rotatable bonds is 4. The van der Waals surface area contributed by atoms with Gasteiger partial charge in [0.05, 0.1) is 11.3 Å². The normalized spacial score (nSPS) is 11.1. The Hall–Kier alpha value is -1.60. The molecule has 1 aromatic rings. The van der Waals surface area contributed by atoms with Crippen molar-refractivity contribution < 1.29 is 9.50 Å². The topological polar surface area (TPSA) is 47.3 Å². The van der Waals surface area contributed by atoms with Crippen molar-refractivity contribution in [2.75, 3.05) is 18.0 Å². The summed E-state index contributed by atoms with van der Waals surface area (Å²) in [5.74, 6) is -0.529. The molecule has 0 fully saturated rings. The average Bonchev–Trinajstić information content (AvgIpc) is 2.24. The second-order valence-electron chi connectivity index (χ2n) is 4.57. The van der Waals surface area contributed by atoms with Gasteiger partial charge in [0.15, 0.2) is 0 Å². The third-order valence-electron chi connectivity index (χ3n) is 2.40. The van der Waals surface area contributed by atoms with Gasteiger partial charge < -0.3 is 10.0 Å². The molecule has 0 saturated heterocycles. The Balaban J connectivity index is 3.13. The first kappa shape index (κ1) is 13.5. The minimum Gasteiger partial charge on any atom is -0.389 e. The predicted molar refractivity (Wildman–Crippen MR) is 65.3 cm³/mol. The van der Waals surface area contributed by atoms with Gasteiger partial charge in [0, 0.05) is 13.1 Å². The van der Waals surface area contributed by atoms with Crippen LogP contribution >= 0.6 is 0 Å². The number of aliphatic hydroxyl groups is 1. The first-order valence-electron chi connectivity index (χ1n) is 5.55. The molecule has 0 aliphatic carbocycles. The minimum absolute atomic E-state index is 0.0265. The molecular weight excluding hydrogens is 219 g/mol. The number of nitriles is 1. The highest BCUT2D eigenvalue weighted by atomic mass is 19.1. The van der Waals surface area contributed by atoms with E-state index in [1.165, 1.54) is 6.07 Å². The molecule has 0 amide bonds. The van der Waals surface area contributed by atoms with Gasteiger partial charge in [0.1, 0.15) is 17.4 Å². The van der Waals surface area contributed by atoms with Crippen molar-refractivity contribution in [1.29, 1.82) is 5.26 Å². The third-order valence-corrected chi connectivity index (χ3v) is 2.40. The minimum atomic E-state index is -0.894. The largest absolute Gasteiger partial charge is 0.389 e. The van der Waals surface area contributed by atoms with Crippen LogP contribution in [0.5, 0.6) is 0 Å². The van der Waals surface area contributed by atoms with Gasteiger partial charge in [-0.15, -0.1) is 0 Å². The molecule has 17 heavy (non-hydrogen) atoms. The summed E-state index contributed by atoms with van der Waals surface area (Å²) in [6.07, 6.45) is 0. The maximum absolute atomic E-state index is 13.5. The molecule has 0 bridgehead atoms. The van der Waals surface area contributed by atoms with Crippen molar-refractivity contribution in [3.8, 4) is 6.07 Å². The molecule has 1 rings (SSSR count). The fraction of sp³-hybridized carbons (Fsp3) is 0.462. The Bertz CT molecular complexity index is 432. The summed E-state index contributed by atoms with van der Waals surface area (Å²) in [7, 11) is 0. The van der Waals surface area contributed by atoms with Crippen LogP contribution in [0.3, 0.4) is 0 Å². The molecule has 0 heterocycles. The predicted octanol–water partition coefficient (Wildman–Crippen LogP) is 2.29. The molecule has 4 heteroatoms. The maximum Gasteiger partial charge on any atom is 0.143 e. The maximum atomic E-state index is 13.5. The molecule has 0 spiro atoms. The van der Waals surface area contributed by atoms with Gasteiger partial charge in [-0.3, -0.25) is 0 Å². The summed E-state index contributed by atoms with van der Waals surface area (Å²) in [5, 5.41) is 18.8. The molecule has 0 unspecified atom stereocenters. The van der Waals surface area contributed by atoms with Gasteiger partial charge in [-0.25, -0.2) is 4.39 Å². The van der Waals surface area contributed by atoms with Gasteiger partial charge in [0.2, 0.25) is 0 Å². The monoisotopic (exact) mass is 236 g/mol. The Morgan fingerprint density at radius 1 is 1.47 bits per heavy atom. The second-order valence-corrected chi connectivity index (χ2v) is 4.57. The van der Waals surface area contributed by atoms with Crippen LogP contribution in [0.15, 0.2) is 18.2 Å². The Morgan fingerprint density at radius 2 is 2.12 bits per heavy atom.